The van der Waals surface area contributed by atoms with Crippen LogP contribution in [0, 0.1) is 0 Å². The maximum atomic E-state index is 5.96. The lowest BCUT2D eigenvalue weighted by molar-refractivity contribution is -0.321. The van der Waals surface area contributed by atoms with Crippen molar-refractivity contribution in [2.75, 3.05) is 0 Å². The van der Waals surface area contributed by atoms with E-state index in [-0.39, 0.29) is 11.2 Å². The van der Waals surface area contributed by atoms with Crippen LogP contribution in [0.15, 0.2) is 0 Å². The van der Waals surface area contributed by atoms with Crippen LogP contribution in [-0.4, -0.2) is 27.4 Å². The van der Waals surface area contributed by atoms with Gasteiger partial charge in [0.2, 0.25) is 0 Å². The molecule has 0 heterocycles. The number of hydrogen-bond acceptors (Lipinski definition) is 3. The molecule has 0 radical (unpaired) electrons. The Balaban J connectivity index is 4.42. The number of rotatable bonds is 10. The van der Waals surface area contributed by atoms with Crippen molar-refractivity contribution in [1.29, 1.82) is 0 Å². The first-order chi connectivity index (χ1) is 8.26. The Morgan fingerprint density at radius 1 is 0.889 bits per heavy atom. The molecule has 0 aliphatic rings. The molecule has 0 saturated heterocycles. The Morgan fingerprint density at radius 2 is 1.33 bits per heavy atom. The molecule has 0 fully saturated rings. The van der Waals surface area contributed by atoms with Crippen molar-refractivity contribution < 1.29 is 13.9 Å². The summed E-state index contributed by atoms with van der Waals surface area (Å²) in [5.41, 5.74) is -0.399. The molecule has 0 aromatic rings. The van der Waals surface area contributed by atoms with Gasteiger partial charge in [0.1, 0.15) is 0 Å². The van der Waals surface area contributed by atoms with Gasteiger partial charge in [0.25, 0.3) is 6.48 Å². The Bertz CT molecular complexity index is 199. The average molecular weight is 276 g/mol. The minimum atomic E-state index is -0.539. The van der Waals surface area contributed by atoms with Crippen molar-refractivity contribution in [3.8, 4) is 0 Å². The zero-order valence-corrected chi connectivity index (χ0v) is 14.8. The molecule has 0 aliphatic heterocycles. The molecule has 0 amide bonds. The van der Waals surface area contributed by atoms with Crippen LogP contribution in [0.3, 0.4) is 0 Å². The molecule has 0 saturated carbocycles. The van der Waals surface area contributed by atoms with Gasteiger partial charge in [-0.15, -0.1) is 0 Å². The molecule has 0 aromatic carbocycles. The fraction of sp³-hybridized carbons (Fsp3) is 1.00. The molecule has 0 bridgehead atoms. The largest absolute Gasteiger partial charge is 0.379 e. The van der Waals surface area contributed by atoms with Crippen molar-refractivity contribution >= 4 is 9.76 Å². The van der Waals surface area contributed by atoms with E-state index in [1.807, 2.05) is 0 Å². The molecule has 0 spiro atoms. The van der Waals surface area contributed by atoms with Gasteiger partial charge in [-0.3, -0.25) is 0 Å². The molecule has 110 valence electrons. The lowest BCUT2D eigenvalue weighted by Gasteiger charge is -2.35. The van der Waals surface area contributed by atoms with E-state index >= 15 is 0 Å². The van der Waals surface area contributed by atoms with E-state index in [2.05, 4.69) is 48.5 Å². The van der Waals surface area contributed by atoms with Crippen LogP contribution in [0.25, 0.3) is 0 Å². The van der Waals surface area contributed by atoms with Gasteiger partial charge in [-0.2, -0.15) is 0 Å². The molecule has 18 heavy (non-hydrogen) atoms. The predicted molar refractivity (Wildman–Crippen MR) is 79.4 cm³/mol. The Kier molecular flexibility index (Phi) is 8.35. The monoisotopic (exact) mass is 276 g/mol. The third kappa shape index (κ3) is 8.24. The summed E-state index contributed by atoms with van der Waals surface area (Å²) in [5, 5.41) is 0. The summed E-state index contributed by atoms with van der Waals surface area (Å²) in [6.45, 7) is 14.2. The van der Waals surface area contributed by atoms with Gasteiger partial charge in [0.05, 0.1) is 11.2 Å². The maximum Gasteiger partial charge on any atom is 0.262 e. The first-order valence-corrected chi connectivity index (χ1v) is 8.81. The van der Waals surface area contributed by atoms with Crippen LogP contribution in [0.4, 0.5) is 0 Å². The molecule has 0 aromatic heterocycles. The Labute approximate surface area is 116 Å². The molecule has 0 aliphatic carbocycles. The molecule has 0 N–H and O–H groups in total. The molecule has 4 heteroatoms. The minimum absolute atomic E-state index is 0.199. The average Bonchev–Trinajstić information content (AvgIpc) is 2.28. The highest BCUT2D eigenvalue weighted by Crippen LogP contribution is 2.23. The Hall–Kier alpha value is 0.0969. The molecule has 3 nitrogen and oxygen atoms in total. The van der Waals surface area contributed by atoms with Gasteiger partial charge in [-0.1, -0.05) is 27.2 Å². The second-order valence-electron chi connectivity index (χ2n) is 5.98. The molecule has 0 atom stereocenters. The summed E-state index contributed by atoms with van der Waals surface area (Å²) in [7, 11) is -0.539. The minimum Gasteiger partial charge on any atom is -0.379 e. The normalized spacial score (nSPS) is 14.0. The van der Waals surface area contributed by atoms with Gasteiger partial charge >= 0.3 is 0 Å². The van der Waals surface area contributed by atoms with E-state index in [1.54, 1.807) is 0 Å². The molecular formula is C14H32O3Si. The van der Waals surface area contributed by atoms with Crippen molar-refractivity contribution in [2.45, 2.75) is 91.5 Å². The number of ether oxygens (including phenoxy) is 2. The van der Waals surface area contributed by atoms with Crippen LogP contribution in [0.1, 0.15) is 67.7 Å². The maximum absolute atomic E-state index is 5.96. The van der Waals surface area contributed by atoms with Gasteiger partial charge in [-0.25, -0.2) is 0 Å². The molecule has 0 unspecified atom stereocenters. The molecular weight excluding hydrogens is 244 g/mol. The first kappa shape index (κ1) is 18.1. The zero-order chi connectivity index (χ0) is 14.2. The van der Waals surface area contributed by atoms with Crippen LogP contribution >= 0.6 is 0 Å². The van der Waals surface area contributed by atoms with Gasteiger partial charge < -0.3 is 13.9 Å². The van der Waals surface area contributed by atoms with Crippen LogP contribution in [0.5, 0.6) is 0 Å². The lowest BCUT2D eigenvalue weighted by atomic mass is 10.1. The highest BCUT2D eigenvalue weighted by Gasteiger charge is 2.28. The van der Waals surface area contributed by atoms with E-state index in [9.17, 15) is 0 Å². The van der Waals surface area contributed by atoms with E-state index in [0.717, 1.165) is 12.8 Å². The van der Waals surface area contributed by atoms with Crippen LogP contribution in [-0.2, 0) is 13.9 Å². The fourth-order valence-electron chi connectivity index (χ4n) is 1.10. The second kappa shape index (κ2) is 8.30. The van der Waals surface area contributed by atoms with Crippen LogP contribution in [0.2, 0.25) is 6.04 Å². The van der Waals surface area contributed by atoms with E-state index in [4.69, 9.17) is 13.9 Å². The molecule has 0 rings (SSSR count). The predicted octanol–water partition coefficient (Wildman–Crippen LogP) is 3.61. The van der Waals surface area contributed by atoms with Crippen molar-refractivity contribution in [1.82, 2.24) is 0 Å². The third-order valence-electron chi connectivity index (χ3n) is 3.29. The van der Waals surface area contributed by atoms with E-state index < -0.39 is 16.2 Å². The zero-order valence-electron chi connectivity index (χ0n) is 13.3. The quantitative estimate of drug-likeness (QED) is 0.346. The lowest BCUT2D eigenvalue weighted by Crippen LogP contribution is -2.39. The fourth-order valence-corrected chi connectivity index (χ4v) is 1.89. The highest BCUT2D eigenvalue weighted by molar-refractivity contribution is 6.26. The van der Waals surface area contributed by atoms with E-state index in [1.165, 1.54) is 12.5 Å². The summed E-state index contributed by atoms with van der Waals surface area (Å²) in [6.07, 6.45) is 3.06. The summed E-state index contributed by atoms with van der Waals surface area (Å²) in [4.78, 5) is 0. The summed E-state index contributed by atoms with van der Waals surface area (Å²) in [6, 6.07) is 1.17. The van der Waals surface area contributed by atoms with Crippen molar-refractivity contribution in [3.05, 3.63) is 0 Å². The topological polar surface area (TPSA) is 27.7 Å². The van der Waals surface area contributed by atoms with Gasteiger partial charge in [0.15, 0.2) is 9.76 Å². The summed E-state index contributed by atoms with van der Waals surface area (Å²) >= 11 is 0. The highest BCUT2D eigenvalue weighted by atomic mass is 28.2. The smallest absolute Gasteiger partial charge is 0.262 e. The van der Waals surface area contributed by atoms with E-state index in [0.29, 0.717) is 0 Å². The first-order valence-electron chi connectivity index (χ1n) is 7.23. The van der Waals surface area contributed by atoms with Gasteiger partial charge in [0, 0.05) is 0 Å². The SMILES string of the molecule is CCC[SiH2]OC(OC(C)(C)CC)OC(C)(C)CC. The van der Waals surface area contributed by atoms with Crippen molar-refractivity contribution in [3.63, 3.8) is 0 Å². The Morgan fingerprint density at radius 3 is 1.67 bits per heavy atom. The van der Waals surface area contributed by atoms with Gasteiger partial charge in [-0.05, 0) is 46.6 Å². The summed E-state index contributed by atoms with van der Waals surface area (Å²) in [5.74, 6) is 0. The third-order valence-corrected chi connectivity index (χ3v) is 4.79. The standard InChI is InChI=1S/C14H32O3Si/c1-8-11-18-17-12(15-13(4,5)9-2)16-14(6,7)10-3/h12H,8-11,18H2,1-7H3. The van der Waals surface area contributed by atoms with Crippen molar-refractivity contribution in [2.24, 2.45) is 0 Å². The second-order valence-corrected chi connectivity index (χ2v) is 7.42. The number of hydrogen-bond donors (Lipinski definition) is 0. The van der Waals surface area contributed by atoms with Crippen LogP contribution < -0.4 is 0 Å². The summed E-state index contributed by atoms with van der Waals surface area (Å²) < 4.78 is 17.8.